The molecule has 0 nitrogen and oxygen atoms in total. The predicted octanol–water partition coefficient (Wildman–Crippen LogP) is 3.63. The van der Waals surface area contributed by atoms with Gasteiger partial charge in [-0.3, -0.25) is 0 Å². The standard InChI is InChI=1S/C9H16F2/c1-6(2)7(3)5-8(4)9(10)11/h8-9H,5H2,1-4H3/t8-/m1/s1. The highest BCUT2D eigenvalue weighted by Gasteiger charge is 2.14. The van der Waals surface area contributed by atoms with E-state index in [2.05, 4.69) is 0 Å². The first-order valence-electron chi connectivity index (χ1n) is 3.86. The molecule has 0 spiro atoms. The molecule has 0 aliphatic heterocycles. The molecule has 0 N–H and O–H groups in total. The van der Waals surface area contributed by atoms with Crippen molar-refractivity contribution in [2.24, 2.45) is 5.92 Å². The van der Waals surface area contributed by atoms with Crippen LogP contribution in [0, 0.1) is 5.92 Å². The molecule has 66 valence electrons. The van der Waals surface area contributed by atoms with Gasteiger partial charge in [0.25, 0.3) is 0 Å². The normalized spacial score (nSPS) is 13.4. The summed E-state index contributed by atoms with van der Waals surface area (Å²) in [5, 5.41) is 0. The zero-order valence-electron chi connectivity index (χ0n) is 7.62. The Labute approximate surface area is 67.3 Å². The summed E-state index contributed by atoms with van der Waals surface area (Å²) in [4.78, 5) is 0. The second kappa shape index (κ2) is 4.47. The van der Waals surface area contributed by atoms with Crippen molar-refractivity contribution in [2.45, 2.75) is 40.5 Å². The van der Waals surface area contributed by atoms with Crippen LogP contribution in [0.4, 0.5) is 8.78 Å². The van der Waals surface area contributed by atoms with Crippen LogP contribution in [0.15, 0.2) is 11.1 Å². The lowest BCUT2D eigenvalue weighted by Crippen LogP contribution is -2.07. The fourth-order valence-electron chi connectivity index (χ4n) is 0.776. The van der Waals surface area contributed by atoms with Gasteiger partial charge in [0.1, 0.15) is 0 Å². The van der Waals surface area contributed by atoms with E-state index in [1.54, 1.807) is 6.92 Å². The number of alkyl halides is 2. The summed E-state index contributed by atoms with van der Waals surface area (Å²) >= 11 is 0. The molecule has 11 heavy (non-hydrogen) atoms. The van der Waals surface area contributed by atoms with E-state index < -0.39 is 12.3 Å². The first-order valence-corrected chi connectivity index (χ1v) is 3.86. The molecule has 0 aliphatic rings. The topological polar surface area (TPSA) is 0 Å². The van der Waals surface area contributed by atoms with Crippen molar-refractivity contribution in [3.63, 3.8) is 0 Å². The molecule has 0 amide bonds. The molecular weight excluding hydrogens is 146 g/mol. The van der Waals surface area contributed by atoms with E-state index in [0.717, 1.165) is 11.1 Å². The highest BCUT2D eigenvalue weighted by atomic mass is 19.3. The minimum Gasteiger partial charge on any atom is -0.210 e. The van der Waals surface area contributed by atoms with E-state index in [1.165, 1.54) is 0 Å². The Morgan fingerprint density at radius 2 is 1.64 bits per heavy atom. The average molecular weight is 162 g/mol. The van der Waals surface area contributed by atoms with Crippen LogP contribution in [0.5, 0.6) is 0 Å². The summed E-state index contributed by atoms with van der Waals surface area (Å²) in [5.41, 5.74) is 2.23. The molecule has 0 saturated carbocycles. The summed E-state index contributed by atoms with van der Waals surface area (Å²) in [5.74, 6) is -0.509. The van der Waals surface area contributed by atoms with Crippen LogP contribution in [0.2, 0.25) is 0 Å². The molecule has 0 aromatic rings. The van der Waals surface area contributed by atoms with Crippen molar-refractivity contribution in [3.05, 3.63) is 11.1 Å². The van der Waals surface area contributed by atoms with Crippen molar-refractivity contribution in [3.8, 4) is 0 Å². The van der Waals surface area contributed by atoms with Gasteiger partial charge >= 0.3 is 0 Å². The van der Waals surface area contributed by atoms with Crippen molar-refractivity contribution in [2.75, 3.05) is 0 Å². The summed E-state index contributed by atoms with van der Waals surface area (Å²) < 4.78 is 24.1. The molecule has 0 aliphatic carbocycles. The van der Waals surface area contributed by atoms with Crippen LogP contribution in [0.3, 0.4) is 0 Å². The number of allylic oxidation sites excluding steroid dienone is 2. The second-order valence-corrected chi connectivity index (χ2v) is 3.30. The molecule has 0 unspecified atom stereocenters. The maximum atomic E-state index is 12.0. The van der Waals surface area contributed by atoms with Gasteiger partial charge < -0.3 is 0 Å². The van der Waals surface area contributed by atoms with Crippen LogP contribution in [-0.2, 0) is 0 Å². The van der Waals surface area contributed by atoms with Gasteiger partial charge in [0, 0.05) is 5.92 Å². The molecule has 0 rings (SSSR count). The number of halogens is 2. The fourth-order valence-corrected chi connectivity index (χ4v) is 0.776. The van der Waals surface area contributed by atoms with E-state index in [4.69, 9.17) is 0 Å². The molecule has 1 atom stereocenters. The van der Waals surface area contributed by atoms with Gasteiger partial charge in [-0.15, -0.1) is 0 Å². The highest BCUT2D eigenvalue weighted by Crippen LogP contribution is 2.19. The van der Waals surface area contributed by atoms with Gasteiger partial charge in [0.05, 0.1) is 0 Å². The third-order valence-electron chi connectivity index (χ3n) is 1.91. The zero-order valence-corrected chi connectivity index (χ0v) is 7.62. The lowest BCUT2D eigenvalue weighted by Gasteiger charge is -2.11. The van der Waals surface area contributed by atoms with Crippen molar-refractivity contribution >= 4 is 0 Å². The summed E-state index contributed by atoms with van der Waals surface area (Å²) in [6.07, 6.45) is -1.68. The van der Waals surface area contributed by atoms with E-state index >= 15 is 0 Å². The first-order chi connectivity index (χ1) is 4.95. The number of hydrogen-bond donors (Lipinski definition) is 0. The molecule has 0 bridgehead atoms. The van der Waals surface area contributed by atoms with E-state index in [9.17, 15) is 8.78 Å². The van der Waals surface area contributed by atoms with Crippen LogP contribution < -0.4 is 0 Å². The molecule has 0 fully saturated rings. The van der Waals surface area contributed by atoms with Crippen LogP contribution in [-0.4, -0.2) is 6.43 Å². The Kier molecular flexibility index (Phi) is 4.31. The maximum Gasteiger partial charge on any atom is 0.241 e. The zero-order chi connectivity index (χ0) is 9.02. The fraction of sp³-hybridized carbons (Fsp3) is 0.778. The average Bonchev–Trinajstić information content (AvgIpc) is 1.87. The van der Waals surface area contributed by atoms with E-state index in [0.29, 0.717) is 6.42 Å². The predicted molar refractivity (Wildman–Crippen MR) is 43.8 cm³/mol. The van der Waals surface area contributed by atoms with Crippen LogP contribution >= 0.6 is 0 Å². The van der Waals surface area contributed by atoms with Crippen molar-refractivity contribution in [1.82, 2.24) is 0 Å². The smallest absolute Gasteiger partial charge is 0.210 e. The monoisotopic (exact) mass is 162 g/mol. The summed E-state index contributed by atoms with van der Waals surface area (Å²) in [7, 11) is 0. The lowest BCUT2D eigenvalue weighted by molar-refractivity contribution is 0.0864. The van der Waals surface area contributed by atoms with Crippen molar-refractivity contribution < 1.29 is 8.78 Å². The van der Waals surface area contributed by atoms with Crippen LogP contribution in [0.25, 0.3) is 0 Å². The molecular formula is C9H16F2. The van der Waals surface area contributed by atoms with Gasteiger partial charge in [-0.05, 0) is 27.2 Å². The Bertz CT molecular complexity index is 144. The SMILES string of the molecule is CC(C)=C(C)C[C@@H](C)C(F)F. The lowest BCUT2D eigenvalue weighted by atomic mass is 10.00. The Morgan fingerprint density at radius 1 is 1.18 bits per heavy atom. The van der Waals surface area contributed by atoms with Crippen LogP contribution in [0.1, 0.15) is 34.1 Å². The Balaban J connectivity index is 3.96. The van der Waals surface area contributed by atoms with Gasteiger partial charge in [0.2, 0.25) is 6.43 Å². The first kappa shape index (κ1) is 10.6. The minimum absolute atomic E-state index is 0.509. The largest absolute Gasteiger partial charge is 0.241 e. The molecule has 0 saturated heterocycles. The van der Waals surface area contributed by atoms with Gasteiger partial charge in [-0.2, -0.15) is 0 Å². The summed E-state index contributed by atoms with van der Waals surface area (Å²) in [6, 6.07) is 0. The molecule has 2 heteroatoms. The molecule has 0 aromatic carbocycles. The number of rotatable bonds is 3. The summed E-state index contributed by atoms with van der Waals surface area (Å²) in [6.45, 7) is 7.40. The molecule has 0 aromatic heterocycles. The third kappa shape index (κ3) is 4.12. The minimum atomic E-state index is -2.19. The third-order valence-corrected chi connectivity index (χ3v) is 1.91. The Hall–Kier alpha value is -0.400. The number of hydrogen-bond acceptors (Lipinski definition) is 0. The maximum absolute atomic E-state index is 12.0. The van der Waals surface area contributed by atoms with Crippen molar-refractivity contribution in [1.29, 1.82) is 0 Å². The van der Waals surface area contributed by atoms with Gasteiger partial charge in [-0.25, -0.2) is 8.78 Å². The molecule has 0 heterocycles. The Morgan fingerprint density at radius 3 is 1.91 bits per heavy atom. The highest BCUT2D eigenvalue weighted by molar-refractivity contribution is 5.07. The van der Waals surface area contributed by atoms with E-state index in [1.807, 2.05) is 20.8 Å². The van der Waals surface area contributed by atoms with Gasteiger partial charge in [0.15, 0.2) is 0 Å². The second-order valence-electron chi connectivity index (χ2n) is 3.30. The van der Waals surface area contributed by atoms with E-state index in [-0.39, 0.29) is 0 Å². The van der Waals surface area contributed by atoms with Gasteiger partial charge in [-0.1, -0.05) is 18.1 Å². The molecule has 0 radical (unpaired) electrons. The quantitative estimate of drug-likeness (QED) is 0.556.